The number of pyridine rings is 1. The fourth-order valence-electron chi connectivity index (χ4n) is 5.08. The third kappa shape index (κ3) is 4.89. The SMILES string of the molecule is Cc1ccc(C2CC(c3c(-c4ccc(Cl)cc4)c4ccccc4[nH]c3=O)=NN2C(=O)CCc2ncco2)cc1. The van der Waals surface area contributed by atoms with Crippen molar-refractivity contribution in [2.45, 2.75) is 32.2 Å². The van der Waals surface area contributed by atoms with Gasteiger partial charge in [-0.2, -0.15) is 5.10 Å². The molecule has 3 heterocycles. The highest BCUT2D eigenvalue weighted by molar-refractivity contribution is 6.30. The molecule has 1 amide bonds. The first kappa shape index (κ1) is 24.8. The molecule has 1 unspecified atom stereocenters. The first-order chi connectivity index (χ1) is 19.0. The number of oxazole rings is 1. The van der Waals surface area contributed by atoms with Crippen molar-refractivity contribution < 1.29 is 9.21 Å². The van der Waals surface area contributed by atoms with Crippen molar-refractivity contribution in [3.8, 4) is 11.1 Å². The molecule has 0 aliphatic carbocycles. The van der Waals surface area contributed by atoms with Gasteiger partial charge in [-0.1, -0.05) is 71.8 Å². The number of fused-ring (bicyclic) bond motifs is 1. The van der Waals surface area contributed by atoms with Crippen molar-refractivity contribution >= 4 is 34.1 Å². The van der Waals surface area contributed by atoms with Crippen LogP contribution in [0.5, 0.6) is 0 Å². The summed E-state index contributed by atoms with van der Waals surface area (Å²) in [6.45, 7) is 2.02. The van der Waals surface area contributed by atoms with Gasteiger partial charge in [0.1, 0.15) is 6.26 Å². The molecule has 3 aromatic carbocycles. The minimum atomic E-state index is -0.346. The number of nitrogens with one attached hydrogen (secondary N) is 1. The average Bonchev–Trinajstić information content (AvgIpc) is 3.63. The first-order valence-electron chi connectivity index (χ1n) is 12.7. The number of halogens is 1. The van der Waals surface area contributed by atoms with E-state index in [1.54, 1.807) is 18.3 Å². The van der Waals surface area contributed by atoms with Crippen LogP contribution >= 0.6 is 11.6 Å². The van der Waals surface area contributed by atoms with Gasteiger partial charge < -0.3 is 9.40 Å². The van der Waals surface area contributed by atoms with Gasteiger partial charge in [0.15, 0.2) is 5.89 Å². The van der Waals surface area contributed by atoms with Gasteiger partial charge in [-0.25, -0.2) is 9.99 Å². The lowest BCUT2D eigenvalue weighted by Gasteiger charge is -2.22. The zero-order valence-electron chi connectivity index (χ0n) is 21.2. The Morgan fingerprint density at radius 1 is 1.05 bits per heavy atom. The number of hydrogen-bond acceptors (Lipinski definition) is 5. The zero-order chi connectivity index (χ0) is 26.9. The normalized spacial score (nSPS) is 15.1. The van der Waals surface area contributed by atoms with Gasteiger partial charge >= 0.3 is 0 Å². The molecular weight excluding hydrogens is 512 g/mol. The molecule has 0 saturated heterocycles. The van der Waals surface area contributed by atoms with Crippen LogP contribution in [-0.4, -0.2) is 26.6 Å². The molecule has 1 aliphatic heterocycles. The number of rotatable bonds is 6. The number of aromatic amines is 1. The van der Waals surface area contributed by atoms with Crippen molar-refractivity contribution in [3.05, 3.63) is 123 Å². The summed E-state index contributed by atoms with van der Waals surface area (Å²) >= 11 is 6.19. The number of aromatic nitrogens is 2. The predicted octanol–water partition coefficient (Wildman–Crippen LogP) is 6.46. The second kappa shape index (κ2) is 10.3. The van der Waals surface area contributed by atoms with E-state index in [2.05, 4.69) is 9.97 Å². The lowest BCUT2D eigenvalue weighted by atomic mass is 9.91. The molecule has 194 valence electrons. The molecule has 39 heavy (non-hydrogen) atoms. The molecular formula is C31H25ClN4O3. The van der Waals surface area contributed by atoms with Gasteiger partial charge in [-0.15, -0.1) is 0 Å². The number of hydrazone groups is 1. The van der Waals surface area contributed by atoms with Crippen LogP contribution in [0.4, 0.5) is 0 Å². The summed E-state index contributed by atoms with van der Waals surface area (Å²) in [5.74, 6) is 0.327. The Kier molecular flexibility index (Phi) is 6.59. The van der Waals surface area contributed by atoms with Crippen molar-refractivity contribution in [1.82, 2.24) is 15.0 Å². The second-order valence-corrected chi connectivity index (χ2v) is 10.0. The van der Waals surface area contributed by atoms with E-state index in [0.29, 0.717) is 35.0 Å². The number of benzene rings is 3. The van der Waals surface area contributed by atoms with Gasteiger partial charge in [0.05, 0.1) is 23.5 Å². The van der Waals surface area contributed by atoms with Crippen LogP contribution in [0, 0.1) is 6.92 Å². The Morgan fingerprint density at radius 3 is 2.56 bits per heavy atom. The summed E-state index contributed by atoms with van der Waals surface area (Å²) in [7, 11) is 0. The van der Waals surface area contributed by atoms with Crippen LogP contribution in [0.1, 0.15) is 41.5 Å². The van der Waals surface area contributed by atoms with Crippen molar-refractivity contribution in [3.63, 3.8) is 0 Å². The van der Waals surface area contributed by atoms with Crippen LogP contribution in [0.25, 0.3) is 22.0 Å². The number of para-hydroxylation sites is 1. The maximum Gasteiger partial charge on any atom is 0.258 e. The van der Waals surface area contributed by atoms with Crippen LogP contribution in [0.3, 0.4) is 0 Å². The van der Waals surface area contributed by atoms with Gasteiger partial charge in [0.2, 0.25) is 5.91 Å². The highest BCUT2D eigenvalue weighted by atomic mass is 35.5. The van der Waals surface area contributed by atoms with E-state index in [1.807, 2.05) is 67.6 Å². The third-order valence-corrected chi connectivity index (χ3v) is 7.26. The fraction of sp³-hybridized carbons (Fsp3) is 0.161. The predicted molar refractivity (Wildman–Crippen MR) is 152 cm³/mol. The molecule has 0 spiro atoms. The lowest BCUT2D eigenvalue weighted by Crippen LogP contribution is -2.27. The van der Waals surface area contributed by atoms with Gasteiger partial charge in [-0.3, -0.25) is 9.59 Å². The summed E-state index contributed by atoms with van der Waals surface area (Å²) in [6.07, 6.45) is 3.99. The Balaban J connectivity index is 1.48. The van der Waals surface area contributed by atoms with E-state index >= 15 is 0 Å². The molecule has 2 aromatic heterocycles. The van der Waals surface area contributed by atoms with E-state index < -0.39 is 0 Å². The molecule has 0 saturated carbocycles. The zero-order valence-corrected chi connectivity index (χ0v) is 22.0. The Bertz CT molecular complexity index is 1740. The van der Waals surface area contributed by atoms with E-state index in [0.717, 1.165) is 33.2 Å². The fourth-order valence-corrected chi connectivity index (χ4v) is 5.21. The number of aryl methyl sites for hydroxylation is 2. The number of nitrogens with zero attached hydrogens (tertiary/aromatic N) is 3. The standard InChI is InChI=1S/C31H25ClN4O3/c1-19-6-8-20(9-7-19)26-18-25(35-36(26)28(37)15-14-27-33-16-17-39-27)30-29(21-10-12-22(32)13-11-21)23-4-2-3-5-24(23)34-31(30)38/h2-13,16-17,26H,14-15,18H2,1H3,(H,34,38). The summed E-state index contributed by atoms with van der Waals surface area (Å²) in [4.78, 5) is 34.3. The third-order valence-electron chi connectivity index (χ3n) is 7.01. The van der Waals surface area contributed by atoms with E-state index in [1.165, 1.54) is 11.3 Å². The van der Waals surface area contributed by atoms with Crippen LogP contribution in [-0.2, 0) is 11.2 Å². The topological polar surface area (TPSA) is 91.6 Å². The largest absolute Gasteiger partial charge is 0.449 e. The molecule has 8 heteroatoms. The lowest BCUT2D eigenvalue weighted by molar-refractivity contribution is -0.133. The molecule has 1 N–H and O–H groups in total. The highest BCUT2D eigenvalue weighted by Gasteiger charge is 2.35. The van der Waals surface area contributed by atoms with Crippen molar-refractivity contribution in [2.24, 2.45) is 5.10 Å². The van der Waals surface area contributed by atoms with E-state index in [4.69, 9.17) is 21.1 Å². The maximum atomic E-state index is 13.6. The Labute approximate surface area is 229 Å². The first-order valence-corrected chi connectivity index (χ1v) is 13.1. The molecule has 1 aliphatic rings. The number of H-pyrrole nitrogens is 1. The summed E-state index contributed by atoms with van der Waals surface area (Å²) < 4.78 is 5.32. The molecule has 0 radical (unpaired) electrons. The molecule has 1 atom stereocenters. The van der Waals surface area contributed by atoms with Gasteiger partial charge in [-0.05, 0) is 36.2 Å². The van der Waals surface area contributed by atoms with Crippen LogP contribution in [0.2, 0.25) is 5.02 Å². The van der Waals surface area contributed by atoms with Crippen LogP contribution < -0.4 is 5.56 Å². The molecule has 7 nitrogen and oxygen atoms in total. The maximum absolute atomic E-state index is 13.6. The summed E-state index contributed by atoms with van der Waals surface area (Å²) in [5.41, 5.74) is 5.17. The summed E-state index contributed by atoms with van der Waals surface area (Å²) in [6, 6.07) is 22.8. The smallest absolute Gasteiger partial charge is 0.258 e. The number of carbonyl (C=O) groups excluding carboxylic acids is 1. The number of hydrogen-bond donors (Lipinski definition) is 1. The van der Waals surface area contributed by atoms with Gasteiger partial charge in [0, 0.05) is 40.8 Å². The van der Waals surface area contributed by atoms with Crippen LogP contribution in [0.15, 0.2) is 99.6 Å². The molecule has 0 fully saturated rings. The molecule has 6 rings (SSSR count). The summed E-state index contributed by atoms with van der Waals surface area (Å²) in [5, 5.41) is 7.82. The van der Waals surface area contributed by atoms with Gasteiger partial charge in [0.25, 0.3) is 5.56 Å². The van der Waals surface area contributed by atoms with Crippen molar-refractivity contribution in [2.75, 3.05) is 0 Å². The number of carbonyl (C=O) groups is 1. The highest BCUT2D eigenvalue weighted by Crippen LogP contribution is 2.37. The van der Waals surface area contributed by atoms with E-state index in [-0.39, 0.29) is 23.9 Å². The second-order valence-electron chi connectivity index (χ2n) is 9.60. The van der Waals surface area contributed by atoms with E-state index in [9.17, 15) is 9.59 Å². The minimum absolute atomic E-state index is 0.168. The Hall–Kier alpha value is -4.49. The average molecular weight is 537 g/mol. The van der Waals surface area contributed by atoms with Crippen molar-refractivity contribution in [1.29, 1.82) is 0 Å². The quantitative estimate of drug-likeness (QED) is 0.270. The number of amides is 1. The molecule has 0 bridgehead atoms. The molecule has 5 aromatic rings. The minimum Gasteiger partial charge on any atom is -0.449 e. The Morgan fingerprint density at radius 2 is 1.82 bits per heavy atom. The monoisotopic (exact) mass is 536 g/mol.